The summed E-state index contributed by atoms with van der Waals surface area (Å²) in [6.07, 6.45) is 3.35. The first-order valence-corrected chi connectivity index (χ1v) is 6.01. The van der Waals surface area contributed by atoms with Crippen LogP contribution in [0.25, 0.3) is 0 Å². The zero-order valence-electron chi connectivity index (χ0n) is 9.54. The third-order valence-electron chi connectivity index (χ3n) is 2.86. The molecule has 2 atom stereocenters. The minimum atomic E-state index is 0.256. The normalized spacial score (nSPS) is 14.9. The van der Waals surface area contributed by atoms with Crippen molar-refractivity contribution < 1.29 is 0 Å². The largest absolute Gasteiger partial charge is 0.327 e. The van der Waals surface area contributed by atoms with Gasteiger partial charge in [-0.25, -0.2) is 0 Å². The number of rotatable bonds is 5. The molecule has 2 N–H and O–H groups in total. The Labute approximate surface area is 97.6 Å². The smallest absolute Gasteiger partial charge is 0.0406 e. The third-order valence-corrected chi connectivity index (χ3v) is 3.11. The minimum absolute atomic E-state index is 0.256. The van der Waals surface area contributed by atoms with Gasteiger partial charge in [0, 0.05) is 11.1 Å². The molecule has 0 aliphatic rings. The van der Waals surface area contributed by atoms with Crippen LogP contribution < -0.4 is 5.73 Å². The standard InChI is InChI=1S/C13H20ClN/c1-3-4-10(2)13(15)9-11-5-7-12(14)8-6-11/h5-8,10,13H,3-4,9,15H2,1-2H3. The van der Waals surface area contributed by atoms with Crippen LogP contribution in [0.5, 0.6) is 0 Å². The van der Waals surface area contributed by atoms with Gasteiger partial charge in [-0.3, -0.25) is 0 Å². The van der Waals surface area contributed by atoms with Crippen LogP contribution in [-0.2, 0) is 6.42 Å². The van der Waals surface area contributed by atoms with Crippen molar-refractivity contribution in [2.24, 2.45) is 11.7 Å². The van der Waals surface area contributed by atoms with E-state index in [0.29, 0.717) is 5.92 Å². The van der Waals surface area contributed by atoms with Gasteiger partial charge in [-0.2, -0.15) is 0 Å². The number of halogens is 1. The maximum atomic E-state index is 6.14. The van der Waals surface area contributed by atoms with Gasteiger partial charge in [0.25, 0.3) is 0 Å². The molecule has 0 fully saturated rings. The van der Waals surface area contributed by atoms with Crippen LogP contribution >= 0.6 is 11.6 Å². The van der Waals surface area contributed by atoms with Crippen molar-refractivity contribution in [1.29, 1.82) is 0 Å². The van der Waals surface area contributed by atoms with Gasteiger partial charge in [0.05, 0.1) is 0 Å². The van der Waals surface area contributed by atoms with Gasteiger partial charge in [0.15, 0.2) is 0 Å². The molecular formula is C13H20ClN. The third kappa shape index (κ3) is 4.23. The number of hydrogen-bond acceptors (Lipinski definition) is 1. The second kappa shape index (κ2) is 6.14. The van der Waals surface area contributed by atoms with Gasteiger partial charge < -0.3 is 5.73 Å². The molecule has 84 valence electrons. The average Bonchev–Trinajstić information content (AvgIpc) is 2.22. The Morgan fingerprint density at radius 1 is 1.27 bits per heavy atom. The highest BCUT2D eigenvalue weighted by molar-refractivity contribution is 6.30. The van der Waals surface area contributed by atoms with E-state index in [4.69, 9.17) is 17.3 Å². The fourth-order valence-corrected chi connectivity index (χ4v) is 1.89. The lowest BCUT2D eigenvalue weighted by molar-refractivity contribution is 0.420. The first-order valence-electron chi connectivity index (χ1n) is 5.63. The molecule has 0 aliphatic carbocycles. The van der Waals surface area contributed by atoms with Crippen molar-refractivity contribution >= 4 is 11.6 Å². The van der Waals surface area contributed by atoms with Crippen molar-refractivity contribution in [3.8, 4) is 0 Å². The topological polar surface area (TPSA) is 26.0 Å². The highest BCUT2D eigenvalue weighted by Gasteiger charge is 2.12. The Kier molecular flexibility index (Phi) is 5.13. The zero-order valence-corrected chi connectivity index (χ0v) is 10.3. The molecule has 1 rings (SSSR count). The van der Waals surface area contributed by atoms with Crippen LogP contribution in [0.2, 0.25) is 5.02 Å². The molecule has 15 heavy (non-hydrogen) atoms. The summed E-state index contributed by atoms with van der Waals surface area (Å²) in [6.45, 7) is 4.43. The van der Waals surface area contributed by atoms with E-state index in [-0.39, 0.29) is 6.04 Å². The monoisotopic (exact) mass is 225 g/mol. The lowest BCUT2D eigenvalue weighted by Gasteiger charge is -2.19. The quantitative estimate of drug-likeness (QED) is 0.814. The molecule has 2 heteroatoms. The SMILES string of the molecule is CCCC(C)C(N)Cc1ccc(Cl)cc1. The fraction of sp³-hybridized carbons (Fsp3) is 0.538. The highest BCUT2D eigenvalue weighted by Crippen LogP contribution is 2.15. The molecule has 1 aromatic carbocycles. The molecule has 0 spiro atoms. The van der Waals surface area contributed by atoms with E-state index in [0.717, 1.165) is 11.4 Å². The van der Waals surface area contributed by atoms with Crippen LogP contribution in [0.1, 0.15) is 32.3 Å². The summed E-state index contributed by atoms with van der Waals surface area (Å²) in [4.78, 5) is 0. The van der Waals surface area contributed by atoms with Gasteiger partial charge in [-0.05, 0) is 36.5 Å². The van der Waals surface area contributed by atoms with Crippen LogP contribution in [0, 0.1) is 5.92 Å². The van der Waals surface area contributed by atoms with E-state index in [9.17, 15) is 0 Å². The van der Waals surface area contributed by atoms with Crippen molar-refractivity contribution in [2.45, 2.75) is 39.2 Å². The summed E-state index contributed by atoms with van der Waals surface area (Å²) in [5, 5.41) is 0.786. The first-order chi connectivity index (χ1) is 7.13. The Morgan fingerprint density at radius 3 is 2.40 bits per heavy atom. The number of nitrogens with two attached hydrogens (primary N) is 1. The average molecular weight is 226 g/mol. The predicted molar refractivity (Wildman–Crippen MR) is 67.2 cm³/mol. The fourth-order valence-electron chi connectivity index (χ4n) is 1.76. The summed E-state index contributed by atoms with van der Waals surface area (Å²) in [5.74, 6) is 0.589. The molecule has 0 aliphatic heterocycles. The summed E-state index contributed by atoms with van der Waals surface area (Å²) in [6, 6.07) is 8.22. The van der Waals surface area contributed by atoms with Crippen molar-refractivity contribution in [1.82, 2.24) is 0 Å². The zero-order chi connectivity index (χ0) is 11.3. The van der Waals surface area contributed by atoms with Crippen LogP contribution in [-0.4, -0.2) is 6.04 Å². The molecule has 1 nitrogen and oxygen atoms in total. The molecule has 2 unspecified atom stereocenters. The summed E-state index contributed by atoms with van der Waals surface area (Å²) in [7, 11) is 0. The van der Waals surface area contributed by atoms with E-state index in [2.05, 4.69) is 26.0 Å². The molecule has 0 saturated carbocycles. The van der Waals surface area contributed by atoms with E-state index in [1.807, 2.05) is 12.1 Å². The maximum absolute atomic E-state index is 6.14. The molecule has 0 radical (unpaired) electrons. The van der Waals surface area contributed by atoms with Gasteiger partial charge >= 0.3 is 0 Å². The number of hydrogen-bond donors (Lipinski definition) is 1. The van der Waals surface area contributed by atoms with Crippen LogP contribution in [0.4, 0.5) is 0 Å². The predicted octanol–water partition coefficient (Wildman–Crippen LogP) is 3.65. The van der Waals surface area contributed by atoms with Gasteiger partial charge in [0.2, 0.25) is 0 Å². The molecular weight excluding hydrogens is 206 g/mol. The molecule has 0 heterocycles. The van der Waals surface area contributed by atoms with Crippen LogP contribution in [0.3, 0.4) is 0 Å². The van der Waals surface area contributed by atoms with Crippen molar-refractivity contribution in [3.05, 3.63) is 34.9 Å². The van der Waals surface area contributed by atoms with Crippen molar-refractivity contribution in [3.63, 3.8) is 0 Å². The Morgan fingerprint density at radius 2 is 1.87 bits per heavy atom. The maximum Gasteiger partial charge on any atom is 0.0406 e. The lowest BCUT2D eigenvalue weighted by atomic mass is 9.92. The first kappa shape index (κ1) is 12.5. The van der Waals surface area contributed by atoms with E-state index < -0.39 is 0 Å². The van der Waals surface area contributed by atoms with Gasteiger partial charge in [-0.15, -0.1) is 0 Å². The summed E-state index contributed by atoms with van der Waals surface area (Å²) in [5.41, 5.74) is 7.41. The summed E-state index contributed by atoms with van der Waals surface area (Å²) < 4.78 is 0. The molecule has 0 aromatic heterocycles. The van der Waals surface area contributed by atoms with Gasteiger partial charge in [-0.1, -0.05) is 44.0 Å². The lowest BCUT2D eigenvalue weighted by Crippen LogP contribution is -2.30. The van der Waals surface area contributed by atoms with Gasteiger partial charge in [0.1, 0.15) is 0 Å². The van der Waals surface area contributed by atoms with E-state index >= 15 is 0 Å². The second-order valence-electron chi connectivity index (χ2n) is 4.26. The Bertz CT molecular complexity index is 281. The van der Waals surface area contributed by atoms with Crippen molar-refractivity contribution in [2.75, 3.05) is 0 Å². The minimum Gasteiger partial charge on any atom is -0.327 e. The molecule has 0 amide bonds. The Hall–Kier alpha value is -0.530. The molecule has 0 saturated heterocycles. The molecule has 0 bridgehead atoms. The molecule has 1 aromatic rings. The van der Waals surface area contributed by atoms with E-state index in [1.165, 1.54) is 18.4 Å². The van der Waals surface area contributed by atoms with Crippen LogP contribution in [0.15, 0.2) is 24.3 Å². The highest BCUT2D eigenvalue weighted by atomic mass is 35.5. The Balaban J connectivity index is 2.50. The number of benzene rings is 1. The second-order valence-corrected chi connectivity index (χ2v) is 4.70. The summed E-state index contributed by atoms with van der Waals surface area (Å²) >= 11 is 5.83. The van der Waals surface area contributed by atoms with E-state index in [1.54, 1.807) is 0 Å².